The summed E-state index contributed by atoms with van der Waals surface area (Å²) in [5, 5.41) is 21.0. The molecule has 0 bridgehead atoms. The van der Waals surface area contributed by atoms with E-state index in [1.54, 1.807) is 6.07 Å². The van der Waals surface area contributed by atoms with Crippen molar-refractivity contribution in [2.45, 2.75) is 13.3 Å². The van der Waals surface area contributed by atoms with Gasteiger partial charge in [-0.3, -0.25) is 9.59 Å². The van der Waals surface area contributed by atoms with Crippen molar-refractivity contribution in [1.29, 1.82) is 5.26 Å². The number of hydrogen-bond donors (Lipinski definition) is 2. The summed E-state index contributed by atoms with van der Waals surface area (Å²) in [5.41, 5.74) is -0.716. The zero-order valence-electron chi connectivity index (χ0n) is 11.8. The van der Waals surface area contributed by atoms with Gasteiger partial charge in [0.1, 0.15) is 6.61 Å². The van der Waals surface area contributed by atoms with Crippen LogP contribution in [0.1, 0.15) is 12.5 Å². The maximum absolute atomic E-state index is 12.0. The van der Waals surface area contributed by atoms with Crippen molar-refractivity contribution in [2.24, 2.45) is 5.41 Å². The van der Waals surface area contributed by atoms with Crippen LogP contribution in [0, 0.1) is 16.7 Å². The number of rotatable bonds is 7. The van der Waals surface area contributed by atoms with Gasteiger partial charge in [-0.05, 0) is 12.0 Å². The quantitative estimate of drug-likeness (QED) is 0.709. The molecule has 0 spiro atoms. The highest BCUT2D eigenvalue weighted by molar-refractivity contribution is 5.86. The summed E-state index contributed by atoms with van der Waals surface area (Å²) in [6.07, 6.45) is 0.604. The number of aliphatic hydroxyl groups is 1. The van der Waals surface area contributed by atoms with Crippen molar-refractivity contribution in [3.05, 3.63) is 35.9 Å². The Balaban J connectivity index is 2.57. The summed E-state index contributed by atoms with van der Waals surface area (Å²) in [5.74, 6) is -1.26. The molecule has 1 rings (SSSR count). The lowest BCUT2D eigenvalue weighted by Crippen LogP contribution is -2.46. The number of carbonyl (C=O) groups is 2. The molecule has 0 aliphatic carbocycles. The number of esters is 1. The van der Waals surface area contributed by atoms with Crippen molar-refractivity contribution < 1.29 is 19.4 Å². The van der Waals surface area contributed by atoms with Gasteiger partial charge >= 0.3 is 5.97 Å². The highest BCUT2D eigenvalue weighted by Crippen LogP contribution is 2.16. The number of aliphatic hydroxyl groups excluding tert-OH is 1. The van der Waals surface area contributed by atoms with Gasteiger partial charge in [0.15, 0.2) is 5.41 Å². The number of carbonyl (C=O) groups excluding carboxylic acids is 2. The molecule has 1 aromatic rings. The molecule has 112 valence electrons. The van der Waals surface area contributed by atoms with Crippen LogP contribution in [0.3, 0.4) is 0 Å². The molecule has 1 amide bonds. The van der Waals surface area contributed by atoms with Gasteiger partial charge in [-0.25, -0.2) is 0 Å². The molecule has 6 nitrogen and oxygen atoms in total. The van der Waals surface area contributed by atoms with Crippen LogP contribution in [0.25, 0.3) is 0 Å². The fraction of sp³-hybridized carbons (Fsp3) is 0.400. The third kappa shape index (κ3) is 4.89. The van der Waals surface area contributed by atoms with Crippen molar-refractivity contribution in [2.75, 3.05) is 19.8 Å². The molecular formula is C15H18N2O4. The largest absolute Gasteiger partial charge is 0.464 e. The summed E-state index contributed by atoms with van der Waals surface area (Å²) < 4.78 is 4.69. The van der Waals surface area contributed by atoms with Gasteiger partial charge in [-0.15, -0.1) is 0 Å². The minimum atomic E-state index is -1.76. The van der Waals surface area contributed by atoms with Gasteiger partial charge in [0.25, 0.3) is 0 Å². The first-order chi connectivity index (χ1) is 10.0. The zero-order valence-corrected chi connectivity index (χ0v) is 11.8. The van der Waals surface area contributed by atoms with Gasteiger partial charge in [0, 0.05) is 13.5 Å². The molecule has 1 unspecified atom stereocenters. The summed E-state index contributed by atoms with van der Waals surface area (Å²) in [4.78, 5) is 22.8. The van der Waals surface area contributed by atoms with Gasteiger partial charge in [-0.2, -0.15) is 5.26 Å². The molecule has 0 radical (unpaired) electrons. The number of hydrogen-bond acceptors (Lipinski definition) is 5. The fourth-order valence-electron chi connectivity index (χ4n) is 1.66. The molecule has 1 aromatic carbocycles. The van der Waals surface area contributed by atoms with Gasteiger partial charge in [0.05, 0.1) is 12.7 Å². The van der Waals surface area contributed by atoms with Crippen molar-refractivity contribution in [1.82, 2.24) is 5.32 Å². The third-order valence-corrected chi connectivity index (χ3v) is 2.98. The monoisotopic (exact) mass is 290 g/mol. The van der Waals surface area contributed by atoms with Gasteiger partial charge in [0.2, 0.25) is 5.91 Å². The van der Waals surface area contributed by atoms with Gasteiger partial charge < -0.3 is 15.2 Å². The van der Waals surface area contributed by atoms with Crippen molar-refractivity contribution in [3.63, 3.8) is 0 Å². The molecular weight excluding hydrogens is 272 g/mol. The van der Waals surface area contributed by atoms with E-state index in [1.807, 2.05) is 30.3 Å². The fourth-order valence-corrected chi connectivity index (χ4v) is 1.66. The number of nitrogens with one attached hydrogen (secondary N) is 1. The van der Waals surface area contributed by atoms with E-state index < -0.39 is 30.5 Å². The second kappa shape index (κ2) is 8.02. The molecule has 1 atom stereocenters. The summed E-state index contributed by atoms with van der Waals surface area (Å²) >= 11 is 0. The van der Waals surface area contributed by atoms with Crippen molar-refractivity contribution in [3.8, 4) is 6.07 Å². The van der Waals surface area contributed by atoms with E-state index in [-0.39, 0.29) is 0 Å². The molecule has 0 saturated heterocycles. The maximum Gasteiger partial charge on any atom is 0.302 e. The molecule has 2 N–H and O–H groups in total. The first kappa shape index (κ1) is 16.7. The summed E-state index contributed by atoms with van der Waals surface area (Å²) in [6.45, 7) is 0.319. The van der Waals surface area contributed by atoms with Crippen LogP contribution in [0.2, 0.25) is 0 Å². The standard InChI is InChI=1S/C15H18N2O4/c1-12(19)21-11-15(9-16,10-18)14(20)17-8-7-13-5-3-2-4-6-13/h2-6,18H,7-8,10-11H2,1H3,(H,17,20). The number of nitrogens with zero attached hydrogens (tertiary/aromatic N) is 1. The number of benzene rings is 1. The Morgan fingerprint density at radius 1 is 1.38 bits per heavy atom. The minimum Gasteiger partial charge on any atom is -0.464 e. The lowest BCUT2D eigenvalue weighted by atomic mass is 9.91. The number of amides is 1. The number of nitriles is 1. The third-order valence-electron chi connectivity index (χ3n) is 2.98. The molecule has 0 aliphatic heterocycles. The molecule has 21 heavy (non-hydrogen) atoms. The molecule has 6 heteroatoms. The Labute approximate surface area is 123 Å². The van der Waals surface area contributed by atoms with E-state index in [1.165, 1.54) is 6.92 Å². The summed E-state index contributed by atoms with van der Waals surface area (Å²) in [6, 6.07) is 11.3. The average Bonchev–Trinajstić information content (AvgIpc) is 2.49. The Bertz CT molecular complexity index is 524. The smallest absolute Gasteiger partial charge is 0.302 e. The maximum atomic E-state index is 12.0. The van der Waals surface area contributed by atoms with E-state index in [9.17, 15) is 14.7 Å². The van der Waals surface area contributed by atoms with Crippen LogP contribution in [0.5, 0.6) is 0 Å². The Hall–Kier alpha value is -2.39. The second-order valence-electron chi connectivity index (χ2n) is 4.62. The highest BCUT2D eigenvalue weighted by atomic mass is 16.5. The highest BCUT2D eigenvalue weighted by Gasteiger charge is 2.39. The molecule has 0 aliphatic rings. The molecule has 0 heterocycles. The predicted octanol–water partition coefficient (Wildman–Crippen LogP) is 0.411. The Morgan fingerprint density at radius 3 is 2.57 bits per heavy atom. The van der Waals surface area contributed by atoms with E-state index in [0.717, 1.165) is 5.56 Å². The first-order valence-corrected chi connectivity index (χ1v) is 6.52. The van der Waals surface area contributed by atoms with Crippen LogP contribution in [0.15, 0.2) is 30.3 Å². The van der Waals surface area contributed by atoms with Crippen LogP contribution in [-0.2, 0) is 20.7 Å². The molecule has 0 fully saturated rings. The van der Waals surface area contributed by atoms with E-state index in [4.69, 9.17) is 10.00 Å². The first-order valence-electron chi connectivity index (χ1n) is 6.52. The van der Waals surface area contributed by atoms with Crippen LogP contribution in [0.4, 0.5) is 0 Å². The van der Waals surface area contributed by atoms with Gasteiger partial charge in [-0.1, -0.05) is 30.3 Å². The summed E-state index contributed by atoms with van der Waals surface area (Å²) in [7, 11) is 0. The number of ether oxygens (including phenoxy) is 1. The lowest BCUT2D eigenvalue weighted by Gasteiger charge is -2.22. The predicted molar refractivity (Wildman–Crippen MR) is 74.9 cm³/mol. The topological polar surface area (TPSA) is 99.4 Å². The van der Waals surface area contributed by atoms with E-state index >= 15 is 0 Å². The lowest BCUT2D eigenvalue weighted by molar-refractivity contribution is -0.147. The normalized spacial score (nSPS) is 12.8. The molecule has 0 aromatic heterocycles. The van der Waals surface area contributed by atoms with E-state index in [2.05, 4.69) is 5.32 Å². The molecule has 0 saturated carbocycles. The van der Waals surface area contributed by atoms with Crippen LogP contribution < -0.4 is 5.32 Å². The van der Waals surface area contributed by atoms with Crippen LogP contribution >= 0.6 is 0 Å². The zero-order chi connectivity index (χ0) is 15.7. The van der Waals surface area contributed by atoms with Crippen LogP contribution in [-0.4, -0.2) is 36.7 Å². The second-order valence-corrected chi connectivity index (χ2v) is 4.62. The Kier molecular flexibility index (Phi) is 6.37. The SMILES string of the molecule is CC(=O)OCC(C#N)(CO)C(=O)NCCc1ccccc1. The minimum absolute atomic E-state index is 0.326. The van der Waals surface area contributed by atoms with Crippen molar-refractivity contribution >= 4 is 11.9 Å². The average molecular weight is 290 g/mol. The Morgan fingerprint density at radius 2 is 2.05 bits per heavy atom. The van der Waals surface area contributed by atoms with E-state index in [0.29, 0.717) is 13.0 Å².